The molecule has 0 aliphatic carbocycles. The third kappa shape index (κ3) is 5.60. The van der Waals surface area contributed by atoms with Crippen molar-refractivity contribution in [3.63, 3.8) is 0 Å². The van der Waals surface area contributed by atoms with E-state index in [-0.39, 0.29) is 5.56 Å². The number of halogens is 5. The number of nitriles is 1. The lowest BCUT2D eigenvalue weighted by Gasteiger charge is -2.20. The quantitative estimate of drug-likeness (QED) is 0.0963. The molecule has 0 N–H and O–H groups in total. The summed E-state index contributed by atoms with van der Waals surface area (Å²) >= 11 is 0. The second kappa shape index (κ2) is 15.0. The third-order valence-electron chi connectivity index (χ3n) is 14.2. The van der Waals surface area contributed by atoms with Crippen LogP contribution in [0.15, 0.2) is 194 Å². The zero-order valence-electron chi connectivity index (χ0n) is 37.1. The highest BCUT2D eigenvalue weighted by molar-refractivity contribution is 6.15. The monoisotopic (exact) mass is 929 g/mol. The van der Waals surface area contributed by atoms with Gasteiger partial charge in [0.25, 0.3) is 0 Å². The molecule has 0 radical (unpaired) electrons. The van der Waals surface area contributed by atoms with Crippen LogP contribution in [-0.2, 0) is 0 Å². The van der Waals surface area contributed by atoms with E-state index in [9.17, 15) is 9.65 Å². The molecule has 10 heteroatoms. The van der Waals surface area contributed by atoms with Crippen molar-refractivity contribution in [2.75, 3.05) is 0 Å². The van der Waals surface area contributed by atoms with Crippen LogP contribution in [0.5, 0.6) is 0 Å². The maximum atomic E-state index is 16.1. The van der Waals surface area contributed by atoms with E-state index in [1.807, 2.05) is 130 Å². The molecule has 0 fully saturated rings. The molecule has 0 saturated heterocycles. The molecule has 14 rings (SSSR count). The fourth-order valence-corrected chi connectivity index (χ4v) is 11.2. The Balaban J connectivity index is 1.09. The summed E-state index contributed by atoms with van der Waals surface area (Å²) in [5.74, 6) is -10.6. The van der Waals surface area contributed by atoms with Crippen molar-refractivity contribution in [3.05, 3.63) is 229 Å². The number of benzene rings is 10. The van der Waals surface area contributed by atoms with E-state index in [0.717, 1.165) is 87.6 Å². The molecular weight excluding hydrogens is 898 g/mol. The van der Waals surface area contributed by atoms with Gasteiger partial charge in [0, 0.05) is 60.0 Å². The summed E-state index contributed by atoms with van der Waals surface area (Å²) in [6.07, 6.45) is 0. The average Bonchev–Trinajstić information content (AvgIpc) is 4.15. The van der Waals surface area contributed by atoms with E-state index in [1.54, 1.807) is 0 Å². The van der Waals surface area contributed by atoms with Crippen molar-refractivity contribution in [2.24, 2.45) is 0 Å². The third-order valence-corrected chi connectivity index (χ3v) is 14.2. The van der Waals surface area contributed by atoms with Crippen LogP contribution >= 0.6 is 0 Å². The zero-order valence-corrected chi connectivity index (χ0v) is 37.1. The molecule has 5 nitrogen and oxygen atoms in total. The molecule has 0 aliphatic heterocycles. The van der Waals surface area contributed by atoms with Crippen molar-refractivity contribution in [2.45, 2.75) is 0 Å². The van der Waals surface area contributed by atoms with Gasteiger partial charge in [-0.25, -0.2) is 22.0 Å². The predicted molar refractivity (Wildman–Crippen MR) is 274 cm³/mol. The Hall–Kier alpha value is -9.46. The summed E-state index contributed by atoms with van der Waals surface area (Å²) in [5, 5.41) is 18.7. The molecule has 4 aromatic heterocycles. The van der Waals surface area contributed by atoms with Crippen LogP contribution in [-0.4, -0.2) is 18.3 Å². The summed E-state index contributed by atoms with van der Waals surface area (Å²) in [6, 6.07) is 65.8. The maximum Gasteiger partial charge on any atom is 0.200 e. The molecule has 0 amide bonds. The summed E-state index contributed by atoms with van der Waals surface area (Å²) in [4.78, 5) is 0. The Morgan fingerprint density at radius 3 is 0.958 bits per heavy atom. The molecular formula is C61H32F5N5. The summed E-state index contributed by atoms with van der Waals surface area (Å²) in [5.41, 5.74) is 7.62. The fraction of sp³-hybridized carbons (Fsp3) is 0. The van der Waals surface area contributed by atoms with Gasteiger partial charge in [0.05, 0.1) is 72.7 Å². The fourth-order valence-electron chi connectivity index (χ4n) is 11.2. The number of hydrogen-bond acceptors (Lipinski definition) is 1. The van der Waals surface area contributed by atoms with E-state index in [4.69, 9.17) is 0 Å². The highest BCUT2D eigenvalue weighted by Crippen LogP contribution is 2.44. The van der Waals surface area contributed by atoms with E-state index >= 15 is 17.6 Å². The number of aromatic nitrogens is 4. The number of para-hydroxylation sites is 6. The Bertz CT molecular complexity index is 4540. The van der Waals surface area contributed by atoms with E-state index in [1.165, 1.54) is 12.1 Å². The summed E-state index contributed by atoms with van der Waals surface area (Å²) in [7, 11) is 0. The SMILES string of the molecule is N#Cc1cc(-n2c3ccccc3c3cc(-n4c5ccccc5c5ccccc54)ccc32)c(-n2c3ccccc3c3cc(-n4c5ccccc5c5ccccc54)ccc32)cc1-c1c(F)c(F)c(F)c(F)c1F. The second-order valence-electron chi connectivity index (χ2n) is 17.8. The average molecular weight is 930 g/mol. The Kier molecular flexibility index (Phi) is 8.59. The van der Waals surface area contributed by atoms with Crippen LogP contribution in [0.1, 0.15) is 5.56 Å². The lowest BCUT2D eigenvalue weighted by atomic mass is 9.96. The van der Waals surface area contributed by atoms with Crippen molar-refractivity contribution >= 4 is 87.2 Å². The first kappa shape index (κ1) is 40.6. The molecule has 4 heterocycles. The lowest BCUT2D eigenvalue weighted by Crippen LogP contribution is -2.08. The van der Waals surface area contributed by atoms with Crippen LogP contribution in [0.3, 0.4) is 0 Å². The minimum atomic E-state index is -2.29. The molecule has 336 valence electrons. The normalized spacial score (nSPS) is 12.0. The molecule has 0 saturated carbocycles. The zero-order chi connectivity index (χ0) is 47.8. The molecule has 0 atom stereocenters. The van der Waals surface area contributed by atoms with Gasteiger partial charge in [-0.1, -0.05) is 109 Å². The first-order chi connectivity index (χ1) is 34.8. The largest absolute Gasteiger partial charge is 0.309 e. The second-order valence-corrected chi connectivity index (χ2v) is 17.8. The van der Waals surface area contributed by atoms with Gasteiger partial charge in [0.15, 0.2) is 23.3 Å². The van der Waals surface area contributed by atoms with Crippen molar-refractivity contribution < 1.29 is 22.0 Å². The highest BCUT2D eigenvalue weighted by atomic mass is 19.2. The standard InChI is InChI=1S/C61H32F5N5/c62-57-56(58(63)60(65)61(66)59(57)64)43-32-55(71-51-24-12-6-18-42(51)45-31-36(26-28-53(45)71)69-48-21-9-3-15-39(48)40-16-4-10-22-49(40)69)54(29-34(43)33-67)70-50-23-11-5-17-41(50)44-30-35(25-27-52(44)70)68-46-19-7-1-13-37(46)38-14-2-8-20-47(38)68/h1-32H. The smallest absolute Gasteiger partial charge is 0.200 e. The van der Waals surface area contributed by atoms with Gasteiger partial charge in [0.2, 0.25) is 5.82 Å². The van der Waals surface area contributed by atoms with E-state index < -0.39 is 40.2 Å². The molecule has 71 heavy (non-hydrogen) atoms. The van der Waals surface area contributed by atoms with Crippen molar-refractivity contribution in [1.82, 2.24) is 18.3 Å². The van der Waals surface area contributed by atoms with Gasteiger partial charge < -0.3 is 18.3 Å². The number of fused-ring (bicyclic) bond motifs is 12. The minimum absolute atomic E-state index is 0.297. The molecule has 0 aliphatic rings. The minimum Gasteiger partial charge on any atom is -0.309 e. The summed E-state index contributed by atoms with van der Waals surface area (Å²) < 4.78 is 85.6. The van der Waals surface area contributed by atoms with Gasteiger partial charge in [-0.3, -0.25) is 0 Å². The Morgan fingerprint density at radius 1 is 0.296 bits per heavy atom. The van der Waals surface area contributed by atoms with Gasteiger partial charge in [0.1, 0.15) is 0 Å². The van der Waals surface area contributed by atoms with Gasteiger partial charge in [-0.15, -0.1) is 0 Å². The number of rotatable bonds is 5. The van der Waals surface area contributed by atoms with E-state index in [2.05, 4.69) is 75.9 Å². The van der Waals surface area contributed by atoms with Crippen molar-refractivity contribution in [1.29, 1.82) is 5.26 Å². The summed E-state index contributed by atoms with van der Waals surface area (Å²) in [6.45, 7) is 0. The maximum absolute atomic E-state index is 16.1. The molecule has 10 aromatic carbocycles. The first-order valence-electron chi connectivity index (χ1n) is 22.9. The van der Waals surface area contributed by atoms with Crippen LogP contribution in [0.25, 0.3) is 121 Å². The van der Waals surface area contributed by atoms with Crippen molar-refractivity contribution in [3.8, 4) is 39.9 Å². The van der Waals surface area contributed by atoms with Gasteiger partial charge in [-0.2, -0.15) is 5.26 Å². The van der Waals surface area contributed by atoms with Gasteiger partial charge in [-0.05, 0) is 84.9 Å². The highest BCUT2D eigenvalue weighted by Gasteiger charge is 2.31. The Morgan fingerprint density at radius 2 is 0.592 bits per heavy atom. The molecule has 0 spiro atoms. The van der Waals surface area contributed by atoms with Crippen LogP contribution < -0.4 is 0 Å². The Labute approximate surface area is 399 Å². The van der Waals surface area contributed by atoms with Crippen LogP contribution in [0, 0.1) is 40.4 Å². The number of nitrogens with zero attached hydrogens (tertiary/aromatic N) is 5. The van der Waals surface area contributed by atoms with Crippen LogP contribution in [0.2, 0.25) is 0 Å². The van der Waals surface area contributed by atoms with E-state index in [0.29, 0.717) is 22.4 Å². The van der Waals surface area contributed by atoms with Crippen LogP contribution in [0.4, 0.5) is 22.0 Å². The predicted octanol–water partition coefficient (Wildman–Crippen LogP) is 16.3. The van der Waals surface area contributed by atoms with Gasteiger partial charge >= 0.3 is 0 Å². The molecule has 14 aromatic rings. The molecule has 0 bridgehead atoms. The number of hydrogen-bond donors (Lipinski definition) is 0. The lowest BCUT2D eigenvalue weighted by molar-refractivity contribution is 0.381. The first-order valence-corrected chi connectivity index (χ1v) is 22.9. The topological polar surface area (TPSA) is 43.5 Å². The molecule has 0 unspecified atom stereocenters.